The molecule has 114 valence electrons. The van der Waals surface area contributed by atoms with Gasteiger partial charge in [0, 0.05) is 25.0 Å². The Labute approximate surface area is 122 Å². The second kappa shape index (κ2) is 8.04. The van der Waals surface area contributed by atoms with Crippen molar-refractivity contribution in [3.8, 4) is 5.75 Å². The first-order valence-corrected chi connectivity index (χ1v) is 6.63. The monoisotopic (exact) mass is 294 g/mol. The van der Waals surface area contributed by atoms with E-state index in [0.717, 1.165) is 0 Å². The molecule has 0 aliphatic rings. The van der Waals surface area contributed by atoms with Crippen molar-refractivity contribution in [2.45, 2.75) is 32.6 Å². The van der Waals surface area contributed by atoms with Gasteiger partial charge in [0.2, 0.25) is 0 Å². The van der Waals surface area contributed by atoms with Crippen molar-refractivity contribution in [1.29, 1.82) is 0 Å². The van der Waals surface area contributed by atoms with Gasteiger partial charge in [0.15, 0.2) is 5.78 Å². The molecular formula is C15H18O6. The van der Waals surface area contributed by atoms with E-state index in [2.05, 4.69) is 4.74 Å². The molecule has 0 radical (unpaired) electrons. The molecule has 0 aromatic carbocycles. The van der Waals surface area contributed by atoms with Crippen LogP contribution in [-0.4, -0.2) is 24.0 Å². The predicted octanol–water partition coefficient (Wildman–Crippen LogP) is 1.99. The Kier molecular flexibility index (Phi) is 6.39. The van der Waals surface area contributed by atoms with Crippen LogP contribution in [0.4, 0.5) is 0 Å². The topological polar surface area (TPSA) is 93.8 Å². The molecule has 0 fully saturated rings. The Hall–Kier alpha value is -2.37. The zero-order valence-electron chi connectivity index (χ0n) is 12.0. The Bertz CT molecular complexity index is 597. The van der Waals surface area contributed by atoms with Crippen LogP contribution in [0.5, 0.6) is 5.75 Å². The van der Waals surface area contributed by atoms with E-state index in [1.165, 1.54) is 19.3 Å². The van der Waals surface area contributed by atoms with Crippen LogP contribution in [-0.2, 0) is 16.0 Å². The molecule has 0 amide bonds. The van der Waals surface area contributed by atoms with Gasteiger partial charge in [-0.15, -0.1) is 0 Å². The van der Waals surface area contributed by atoms with E-state index in [9.17, 15) is 19.5 Å². The standard InChI is InChI=1S/C15H18O6/c1-3-11(16)14-12(17)9-10(21-15(14)19)7-5-4-6-8-13(18)20-2/h6,8-9,17H,3-5,7H2,1-2H3/b8-6+. The molecule has 0 saturated carbocycles. The van der Waals surface area contributed by atoms with Crippen molar-refractivity contribution in [2.24, 2.45) is 0 Å². The first-order valence-electron chi connectivity index (χ1n) is 6.63. The van der Waals surface area contributed by atoms with E-state index in [1.54, 1.807) is 13.0 Å². The minimum absolute atomic E-state index is 0.121. The summed E-state index contributed by atoms with van der Waals surface area (Å²) in [5, 5.41) is 9.73. The Morgan fingerprint density at radius 1 is 1.43 bits per heavy atom. The second-order valence-electron chi connectivity index (χ2n) is 4.35. The number of ether oxygens (including phenoxy) is 1. The number of carbonyl (C=O) groups is 2. The summed E-state index contributed by atoms with van der Waals surface area (Å²) in [6, 6.07) is 1.29. The van der Waals surface area contributed by atoms with Gasteiger partial charge in [-0.2, -0.15) is 0 Å². The summed E-state index contributed by atoms with van der Waals surface area (Å²) >= 11 is 0. The highest BCUT2D eigenvalue weighted by molar-refractivity contribution is 5.97. The third-order valence-electron chi connectivity index (χ3n) is 2.83. The molecule has 0 aliphatic carbocycles. The summed E-state index contributed by atoms with van der Waals surface area (Å²) in [7, 11) is 1.29. The van der Waals surface area contributed by atoms with Crippen LogP contribution in [0.15, 0.2) is 27.4 Å². The Morgan fingerprint density at radius 2 is 2.14 bits per heavy atom. The van der Waals surface area contributed by atoms with Gasteiger partial charge in [-0.3, -0.25) is 4.79 Å². The van der Waals surface area contributed by atoms with Crippen molar-refractivity contribution in [2.75, 3.05) is 7.11 Å². The Morgan fingerprint density at radius 3 is 2.71 bits per heavy atom. The molecule has 0 unspecified atom stereocenters. The third kappa shape index (κ3) is 4.91. The SMILES string of the molecule is CCC(=O)c1c(O)cc(CCC/C=C/C(=O)OC)oc1=O. The van der Waals surface area contributed by atoms with Crippen LogP contribution in [0, 0.1) is 0 Å². The van der Waals surface area contributed by atoms with Gasteiger partial charge >= 0.3 is 11.6 Å². The highest BCUT2D eigenvalue weighted by Gasteiger charge is 2.17. The first-order chi connectivity index (χ1) is 9.99. The van der Waals surface area contributed by atoms with Gasteiger partial charge in [0.05, 0.1) is 7.11 Å². The molecule has 0 atom stereocenters. The third-order valence-corrected chi connectivity index (χ3v) is 2.83. The average molecular weight is 294 g/mol. The van der Waals surface area contributed by atoms with Crippen molar-refractivity contribution in [3.63, 3.8) is 0 Å². The summed E-state index contributed by atoms with van der Waals surface area (Å²) in [5.41, 5.74) is -1.12. The number of Topliss-reactive ketones (excluding diaryl/α,β-unsaturated/α-hetero) is 1. The van der Waals surface area contributed by atoms with Gasteiger partial charge in [0.1, 0.15) is 17.1 Å². The summed E-state index contributed by atoms with van der Waals surface area (Å²) in [6.45, 7) is 1.60. The zero-order valence-corrected chi connectivity index (χ0v) is 12.0. The number of rotatable bonds is 7. The van der Waals surface area contributed by atoms with Gasteiger partial charge < -0.3 is 14.3 Å². The molecule has 6 nitrogen and oxygen atoms in total. The molecule has 0 spiro atoms. The lowest BCUT2D eigenvalue weighted by molar-refractivity contribution is -0.134. The molecule has 1 aromatic heterocycles. The average Bonchev–Trinajstić information content (AvgIpc) is 2.45. The van der Waals surface area contributed by atoms with Gasteiger partial charge in [-0.25, -0.2) is 9.59 Å². The highest BCUT2D eigenvalue weighted by atomic mass is 16.5. The second-order valence-corrected chi connectivity index (χ2v) is 4.35. The van der Waals surface area contributed by atoms with Crippen molar-refractivity contribution in [3.05, 3.63) is 40.0 Å². The van der Waals surface area contributed by atoms with E-state index in [4.69, 9.17) is 4.42 Å². The normalized spacial score (nSPS) is 10.8. The lowest BCUT2D eigenvalue weighted by atomic mass is 10.1. The summed E-state index contributed by atoms with van der Waals surface area (Å²) in [5.74, 6) is -0.926. The maximum atomic E-state index is 11.7. The summed E-state index contributed by atoms with van der Waals surface area (Å²) in [4.78, 5) is 34.0. The number of carbonyl (C=O) groups excluding carboxylic acids is 2. The van der Waals surface area contributed by atoms with E-state index < -0.39 is 17.4 Å². The van der Waals surface area contributed by atoms with E-state index >= 15 is 0 Å². The minimum Gasteiger partial charge on any atom is -0.507 e. The van der Waals surface area contributed by atoms with Crippen molar-refractivity contribution >= 4 is 11.8 Å². The molecule has 1 heterocycles. The van der Waals surface area contributed by atoms with E-state index in [-0.39, 0.29) is 17.7 Å². The molecule has 6 heteroatoms. The maximum Gasteiger partial charge on any atom is 0.350 e. The quantitative estimate of drug-likeness (QED) is 0.358. The fraction of sp³-hybridized carbons (Fsp3) is 0.400. The molecule has 0 aliphatic heterocycles. The van der Waals surface area contributed by atoms with Crippen LogP contribution in [0.1, 0.15) is 42.3 Å². The van der Waals surface area contributed by atoms with Crippen molar-refractivity contribution in [1.82, 2.24) is 0 Å². The molecular weight excluding hydrogens is 276 g/mol. The number of ketones is 1. The summed E-state index contributed by atoms with van der Waals surface area (Å²) in [6.07, 6.45) is 4.71. The van der Waals surface area contributed by atoms with Gasteiger partial charge in [0.25, 0.3) is 0 Å². The number of aromatic hydroxyl groups is 1. The molecule has 1 aromatic rings. The first kappa shape index (κ1) is 16.7. The van der Waals surface area contributed by atoms with Crippen LogP contribution in [0.2, 0.25) is 0 Å². The number of aryl methyl sites for hydroxylation is 1. The molecule has 21 heavy (non-hydrogen) atoms. The predicted molar refractivity (Wildman–Crippen MR) is 75.4 cm³/mol. The van der Waals surface area contributed by atoms with Gasteiger partial charge in [-0.1, -0.05) is 13.0 Å². The number of methoxy groups -OCH3 is 1. The minimum atomic E-state index is -0.818. The fourth-order valence-corrected chi connectivity index (χ4v) is 1.73. The maximum absolute atomic E-state index is 11.7. The smallest absolute Gasteiger partial charge is 0.350 e. The number of esters is 1. The van der Waals surface area contributed by atoms with Crippen LogP contribution in [0.25, 0.3) is 0 Å². The lowest BCUT2D eigenvalue weighted by Crippen LogP contribution is -2.14. The van der Waals surface area contributed by atoms with Gasteiger partial charge in [-0.05, 0) is 12.8 Å². The lowest BCUT2D eigenvalue weighted by Gasteiger charge is -2.03. The summed E-state index contributed by atoms with van der Waals surface area (Å²) < 4.78 is 9.45. The zero-order chi connectivity index (χ0) is 15.8. The molecule has 1 N–H and O–H groups in total. The van der Waals surface area contributed by atoms with E-state index in [0.29, 0.717) is 25.0 Å². The van der Waals surface area contributed by atoms with Crippen LogP contribution >= 0.6 is 0 Å². The molecule has 0 bridgehead atoms. The highest BCUT2D eigenvalue weighted by Crippen LogP contribution is 2.17. The largest absolute Gasteiger partial charge is 0.507 e. The molecule has 1 rings (SSSR count). The molecule has 0 saturated heterocycles. The Balaban J connectivity index is 2.66. The van der Waals surface area contributed by atoms with E-state index in [1.807, 2.05) is 0 Å². The van der Waals surface area contributed by atoms with Crippen molar-refractivity contribution < 1.29 is 23.8 Å². The van der Waals surface area contributed by atoms with Crippen LogP contribution < -0.4 is 5.63 Å². The number of hydrogen-bond acceptors (Lipinski definition) is 6. The number of hydrogen-bond donors (Lipinski definition) is 1. The number of unbranched alkanes of at least 4 members (excludes halogenated alkanes) is 1. The number of allylic oxidation sites excluding steroid dienone is 1. The van der Waals surface area contributed by atoms with Crippen LogP contribution in [0.3, 0.4) is 0 Å². The fourth-order valence-electron chi connectivity index (χ4n) is 1.73.